The number of nitrogen functional groups attached to an aromatic ring is 1. The highest BCUT2D eigenvalue weighted by molar-refractivity contribution is 5.85. The highest BCUT2D eigenvalue weighted by atomic mass is 35.5. The summed E-state index contributed by atoms with van der Waals surface area (Å²) in [6.07, 6.45) is 0. The average Bonchev–Trinajstić information content (AvgIpc) is 2.62. The minimum absolute atomic E-state index is 0. The number of fused-ring (bicyclic) bond motifs is 1. The minimum atomic E-state index is 0. The van der Waals surface area contributed by atoms with Crippen molar-refractivity contribution in [2.75, 3.05) is 54.1 Å². The van der Waals surface area contributed by atoms with Gasteiger partial charge in [-0.3, -0.25) is 0 Å². The first-order chi connectivity index (χ1) is 11.3. The van der Waals surface area contributed by atoms with Gasteiger partial charge in [0.1, 0.15) is 5.69 Å². The van der Waals surface area contributed by atoms with Gasteiger partial charge in [0.2, 0.25) is 5.95 Å². The van der Waals surface area contributed by atoms with Crippen molar-refractivity contribution in [3.8, 4) is 0 Å². The maximum atomic E-state index is 5.89. The van der Waals surface area contributed by atoms with Crippen LogP contribution in [0.4, 0.5) is 23.3 Å². The second-order valence-corrected chi connectivity index (χ2v) is 5.72. The van der Waals surface area contributed by atoms with Crippen LogP contribution in [0.15, 0.2) is 30.3 Å². The van der Waals surface area contributed by atoms with Crippen LogP contribution in [0.2, 0.25) is 0 Å². The first kappa shape index (κ1) is 22.0. The predicted molar refractivity (Wildman–Crippen MR) is 109 cm³/mol. The Labute approximate surface area is 164 Å². The third-order valence-corrected chi connectivity index (χ3v) is 4.21. The Balaban J connectivity index is 0.00000113. The number of morpholine rings is 1. The zero-order valence-corrected chi connectivity index (χ0v) is 15.8. The number of rotatable bonds is 2. The van der Waals surface area contributed by atoms with Crippen molar-refractivity contribution in [2.45, 2.75) is 6.04 Å². The topological polar surface area (TPSA) is 120 Å². The molecule has 0 bridgehead atoms. The maximum Gasteiger partial charge on any atom is 0.224 e. The van der Waals surface area contributed by atoms with Crippen molar-refractivity contribution in [3.05, 3.63) is 35.9 Å². The van der Waals surface area contributed by atoms with Gasteiger partial charge in [0.25, 0.3) is 0 Å². The summed E-state index contributed by atoms with van der Waals surface area (Å²) in [5, 5.41) is 6.96. The van der Waals surface area contributed by atoms with Gasteiger partial charge in [-0.1, -0.05) is 30.3 Å². The number of ether oxygens (including phenoxy) is 1. The monoisotopic (exact) mass is 402 g/mol. The zero-order chi connectivity index (χ0) is 15.6. The number of aromatic nitrogens is 2. The Morgan fingerprint density at radius 2 is 1.77 bits per heavy atom. The van der Waals surface area contributed by atoms with Crippen LogP contribution in [-0.2, 0) is 4.74 Å². The van der Waals surface area contributed by atoms with Crippen LogP contribution in [-0.4, -0.2) is 48.3 Å². The lowest BCUT2D eigenvalue weighted by Gasteiger charge is -2.34. The zero-order valence-electron chi connectivity index (χ0n) is 14.1. The van der Waals surface area contributed by atoms with Gasteiger partial charge in [-0.2, -0.15) is 9.97 Å². The van der Waals surface area contributed by atoms with Gasteiger partial charge in [-0.05, 0) is 5.56 Å². The fourth-order valence-electron chi connectivity index (χ4n) is 3.04. The van der Waals surface area contributed by atoms with E-state index < -0.39 is 0 Å². The van der Waals surface area contributed by atoms with Crippen molar-refractivity contribution < 1.29 is 10.2 Å². The molecule has 1 saturated heterocycles. The molecule has 144 valence electrons. The molecule has 1 fully saturated rings. The van der Waals surface area contributed by atoms with Gasteiger partial charge in [0.05, 0.1) is 19.3 Å². The van der Waals surface area contributed by atoms with Crippen molar-refractivity contribution in [3.63, 3.8) is 0 Å². The Kier molecular flexibility index (Phi) is 8.16. The third-order valence-electron chi connectivity index (χ3n) is 4.21. The Hall–Kier alpha value is -2.00. The molecule has 1 aromatic carbocycles. The van der Waals surface area contributed by atoms with Crippen LogP contribution in [0.3, 0.4) is 0 Å². The van der Waals surface area contributed by atoms with E-state index in [1.54, 1.807) is 0 Å². The van der Waals surface area contributed by atoms with Crippen molar-refractivity contribution >= 4 is 48.1 Å². The molecule has 4 rings (SSSR count). The van der Waals surface area contributed by atoms with Gasteiger partial charge in [-0.25, -0.2) is 0 Å². The number of halogens is 2. The highest BCUT2D eigenvalue weighted by Crippen LogP contribution is 2.37. The van der Waals surface area contributed by atoms with Gasteiger partial charge in [0, 0.05) is 19.6 Å². The van der Waals surface area contributed by atoms with Gasteiger partial charge < -0.3 is 31.5 Å². The van der Waals surface area contributed by atoms with Crippen LogP contribution in [0.5, 0.6) is 0 Å². The smallest absolute Gasteiger partial charge is 0.224 e. The number of benzene rings is 1. The molecule has 0 saturated carbocycles. The quantitative estimate of drug-likeness (QED) is 0.695. The number of hydrogen-bond donors (Lipinski definition) is 3. The van der Waals surface area contributed by atoms with Crippen LogP contribution in [0.25, 0.3) is 0 Å². The van der Waals surface area contributed by atoms with Gasteiger partial charge in [0.15, 0.2) is 11.6 Å². The minimum Gasteiger partial charge on any atom is -0.412 e. The molecule has 1 atom stereocenters. The SMILES string of the molecule is Cl.Cl.Nc1nc2c(c(N3CCOCC3)n1)NC(c1ccccc1)CN2.O. The molecular formula is C16H24Cl2N6O2. The summed E-state index contributed by atoms with van der Waals surface area (Å²) in [5.74, 6) is 1.91. The highest BCUT2D eigenvalue weighted by Gasteiger charge is 2.27. The van der Waals surface area contributed by atoms with E-state index in [0.29, 0.717) is 13.2 Å². The molecule has 0 radical (unpaired) electrons. The molecule has 6 N–H and O–H groups in total. The van der Waals surface area contributed by atoms with Gasteiger partial charge in [-0.15, -0.1) is 24.8 Å². The molecule has 0 amide bonds. The van der Waals surface area contributed by atoms with E-state index in [1.165, 1.54) is 5.56 Å². The van der Waals surface area contributed by atoms with Crippen LogP contribution >= 0.6 is 24.8 Å². The first-order valence-corrected chi connectivity index (χ1v) is 7.87. The number of nitrogens with zero attached hydrogens (tertiary/aromatic N) is 3. The summed E-state index contributed by atoms with van der Waals surface area (Å²) in [6.45, 7) is 3.78. The predicted octanol–water partition coefficient (Wildman–Crippen LogP) is 1.49. The van der Waals surface area contributed by atoms with Crippen LogP contribution in [0, 0.1) is 0 Å². The number of nitrogens with one attached hydrogen (secondary N) is 2. The summed E-state index contributed by atoms with van der Waals surface area (Å²) in [6, 6.07) is 10.5. The Morgan fingerprint density at radius 1 is 1.08 bits per heavy atom. The molecule has 3 heterocycles. The molecule has 0 spiro atoms. The summed E-state index contributed by atoms with van der Waals surface area (Å²) < 4.78 is 5.43. The molecule has 26 heavy (non-hydrogen) atoms. The lowest BCUT2D eigenvalue weighted by atomic mass is 10.0. The summed E-state index contributed by atoms with van der Waals surface area (Å²) in [4.78, 5) is 11.0. The maximum absolute atomic E-state index is 5.89. The molecule has 1 aromatic heterocycles. The number of hydrogen-bond acceptors (Lipinski definition) is 7. The fourth-order valence-corrected chi connectivity index (χ4v) is 3.04. The van der Waals surface area contributed by atoms with Gasteiger partial charge >= 0.3 is 0 Å². The fraction of sp³-hybridized carbons (Fsp3) is 0.375. The summed E-state index contributed by atoms with van der Waals surface area (Å²) in [7, 11) is 0. The van der Waals surface area contributed by atoms with Crippen LogP contribution < -0.4 is 21.3 Å². The first-order valence-electron chi connectivity index (χ1n) is 7.87. The second-order valence-electron chi connectivity index (χ2n) is 5.72. The van der Waals surface area contributed by atoms with Crippen molar-refractivity contribution in [2.24, 2.45) is 0 Å². The standard InChI is InChI=1S/C16H20N6O.2ClH.H2O/c17-16-20-14-13(15(21-16)22-6-8-23-9-7-22)19-12(10-18-14)11-4-2-1-3-5-11;;;/h1-5,12,19H,6-10H2,(H3,17,18,20,21);2*1H;1H2. The van der Waals surface area contributed by atoms with E-state index in [0.717, 1.165) is 37.0 Å². The van der Waals surface area contributed by atoms with Crippen LogP contribution in [0.1, 0.15) is 11.6 Å². The molecular weight excluding hydrogens is 379 g/mol. The van der Waals surface area contributed by atoms with E-state index in [-0.39, 0.29) is 42.3 Å². The largest absolute Gasteiger partial charge is 0.412 e. The van der Waals surface area contributed by atoms with E-state index in [4.69, 9.17) is 10.5 Å². The molecule has 0 aliphatic carbocycles. The molecule has 2 aliphatic rings. The summed E-state index contributed by atoms with van der Waals surface area (Å²) >= 11 is 0. The molecule has 2 aliphatic heterocycles. The second kappa shape index (κ2) is 9.63. The average molecular weight is 403 g/mol. The normalized spacial score (nSPS) is 18.0. The molecule has 10 heteroatoms. The lowest BCUT2D eigenvalue weighted by molar-refractivity contribution is 0.122. The summed E-state index contributed by atoms with van der Waals surface area (Å²) in [5.41, 5.74) is 8.04. The van der Waals surface area contributed by atoms with E-state index >= 15 is 0 Å². The Morgan fingerprint density at radius 3 is 2.46 bits per heavy atom. The van der Waals surface area contributed by atoms with Crippen molar-refractivity contribution in [1.82, 2.24) is 9.97 Å². The molecule has 1 unspecified atom stereocenters. The van der Waals surface area contributed by atoms with E-state index in [2.05, 4.69) is 49.8 Å². The number of nitrogens with two attached hydrogens (primary N) is 1. The van der Waals surface area contributed by atoms with E-state index in [9.17, 15) is 0 Å². The van der Waals surface area contributed by atoms with Crippen molar-refractivity contribution in [1.29, 1.82) is 0 Å². The number of anilines is 4. The molecule has 2 aromatic rings. The molecule has 8 nitrogen and oxygen atoms in total. The third kappa shape index (κ3) is 4.39. The lowest BCUT2D eigenvalue weighted by Crippen LogP contribution is -2.38. The van der Waals surface area contributed by atoms with E-state index in [1.807, 2.05) is 6.07 Å². The Bertz CT molecular complexity index is 701.